The van der Waals surface area contributed by atoms with Crippen LogP contribution in [0.2, 0.25) is 0 Å². The van der Waals surface area contributed by atoms with E-state index in [9.17, 15) is 0 Å². The molecule has 2 nitrogen and oxygen atoms in total. The first-order chi connectivity index (χ1) is 7.24. The third-order valence-electron chi connectivity index (χ3n) is 3.90. The predicted molar refractivity (Wildman–Crippen MR) is 71.5 cm³/mol. The van der Waals surface area contributed by atoms with Crippen molar-refractivity contribution in [1.82, 2.24) is 4.90 Å². The Balaban J connectivity index is 2.42. The van der Waals surface area contributed by atoms with E-state index < -0.39 is 0 Å². The summed E-state index contributed by atoms with van der Waals surface area (Å²) in [4.78, 5) is 2.56. The molecule has 1 aliphatic rings. The van der Waals surface area contributed by atoms with E-state index in [2.05, 4.69) is 39.5 Å². The van der Waals surface area contributed by atoms with Gasteiger partial charge in [0.1, 0.15) is 0 Å². The Morgan fingerprint density at radius 3 is 2.31 bits per heavy atom. The molecule has 0 amide bonds. The van der Waals surface area contributed by atoms with Crippen LogP contribution >= 0.6 is 0 Å². The van der Waals surface area contributed by atoms with Gasteiger partial charge in [0.05, 0.1) is 0 Å². The summed E-state index contributed by atoms with van der Waals surface area (Å²) in [6.07, 6.45) is 3.65. The zero-order valence-electron chi connectivity index (χ0n) is 11.8. The molecule has 96 valence electrons. The molecule has 0 bridgehead atoms. The quantitative estimate of drug-likeness (QED) is 0.798. The van der Waals surface area contributed by atoms with Crippen LogP contribution in [0, 0.1) is 11.3 Å². The zero-order chi connectivity index (χ0) is 12.4. The summed E-state index contributed by atoms with van der Waals surface area (Å²) < 4.78 is 0. The zero-order valence-corrected chi connectivity index (χ0v) is 11.8. The lowest BCUT2D eigenvalue weighted by Crippen LogP contribution is -2.47. The SMILES string of the molecule is CCCC(C)(N)CN1CCC(C(C)(C)C)C1. The Kier molecular flexibility index (Phi) is 4.42. The maximum absolute atomic E-state index is 6.32. The van der Waals surface area contributed by atoms with E-state index in [-0.39, 0.29) is 5.54 Å². The monoisotopic (exact) mass is 226 g/mol. The van der Waals surface area contributed by atoms with Crippen molar-refractivity contribution in [3.63, 3.8) is 0 Å². The molecule has 2 heteroatoms. The molecular weight excluding hydrogens is 196 g/mol. The molecule has 2 unspecified atom stereocenters. The lowest BCUT2D eigenvalue weighted by molar-refractivity contribution is 0.203. The fraction of sp³-hybridized carbons (Fsp3) is 1.00. The van der Waals surface area contributed by atoms with Gasteiger partial charge in [-0.25, -0.2) is 0 Å². The van der Waals surface area contributed by atoms with Crippen LogP contribution in [-0.4, -0.2) is 30.1 Å². The van der Waals surface area contributed by atoms with Crippen molar-refractivity contribution in [2.45, 2.75) is 59.4 Å². The second-order valence-electron chi connectivity index (χ2n) is 6.99. The standard InChI is InChI=1S/C14H30N2/c1-6-8-14(5,15)11-16-9-7-12(10-16)13(2,3)4/h12H,6-11,15H2,1-5H3. The van der Waals surface area contributed by atoms with Crippen molar-refractivity contribution in [3.05, 3.63) is 0 Å². The Morgan fingerprint density at radius 2 is 1.88 bits per heavy atom. The summed E-state index contributed by atoms with van der Waals surface area (Å²) in [6, 6.07) is 0. The first-order valence-electron chi connectivity index (χ1n) is 6.76. The molecule has 1 rings (SSSR count). The molecule has 0 aromatic rings. The van der Waals surface area contributed by atoms with Crippen molar-refractivity contribution in [2.75, 3.05) is 19.6 Å². The van der Waals surface area contributed by atoms with E-state index >= 15 is 0 Å². The third kappa shape index (κ3) is 4.06. The Labute approximate surface area is 102 Å². The fourth-order valence-electron chi connectivity index (χ4n) is 2.84. The van der Waals surface area contributed by atoms with Gasteiger partial charge in [0.2, 0.25) is 0 Å². The van der Waals surface area contributed by atoms with Crippen LogP contribution in [0.3, 0.4) is 0 Å². The van der Waals surface area contributed by atoms with E-state index in [1.54, 1.807) is 0 Å². The van der Waals surface area contributed by atoms with Crippen LogP contribution in [-0.2, 0) is 0 Å². The minimum Gasteiger partial charge on any atom is -0.324 e. The van der Waals surface area contributed by atoms with Crippen LogP contribution < -0.4 is 5.73 Å². The van der Waals surface area contributed by atoms with E-state index in [4.69, 9.17) is 5.73 Å². The Bertz CT molecular complexity index is 215. The summed E-state index contributed by atoms with van der Waals surface area (Å²) >= 11 is 0. The lowest BCUT2D eigenvalue weighted by Gasteiger charge is -2.31. The molecule has 0 radical (unpaired) electrons. The van der Waals surface area contributed by atoms with Gasteiger partial charge >= 0.3 is 0 Å². The molecule has 0 aromatic heterocycles. The van der Waals surface area contributed by atoms with Crippen LogP contribution in [0.25, 0.3) is 0 Å². The van der Waals surface area contributed by atoms with Gasteiger partial charge in [-0.2, -0.15) is 0 Å². The highest BCUT2D eigenvalue weighted by molar-refractivity contribution is 4.89. The molecule has 0 spiro atoms. The van der Waals surface area contributed by atoms with E-state index in [1.165, 1.54) is 25.9 Å². The molecule has 16 heavy (non-hydrogen) atoms. The molecule has 1 aliphatic heterocycles. The van der Waals surface area contributed by atoms with Crippen LogP contribution in [0.4, 0.5) is 0 Å². The predicted octanol–water partition coefficient (Wildman–Crippen LogP) is 2.87. The highest BCUT2D eigenvalue weighted by Gasteiger charge is 2.33. The summed E-state index contributed by atoms with van der Waals surface area (Å²) in [5.74, 6) is 0.838. The molecule has 0 aliphatic carbocycles. The topological polar surface area (TPSA) is 29.3 Å². The summed E-state index contributed by atoms with van der Waals surface area (Å²) in [6.45, 7) is 15.0. The Hall–Kier alpha value is -0.0800. The van der Waals surface area contributed by atoms with Gasteiger partial charge in [-0.15, -0.1) is 0 Å². The fourth-order valence-corrected chi connectivity index (χ4v) is 2.84. The second-order valence-corrected chi connectivity index (χ2v) is 6.99. The highest BCUT2D eigenvalue weighted by atomic mass is 15.2. The summed E-state index contributed by atoms with van der Waals surface area (Å²) in [5.41, 5.74) is 6.77. The molecule has 2 N–H and O–H groups in total. The van der Waals surface area contributed by atoms with E-state index in [0.29, 0.717) is 5.41 Å². The van der Waals surface area contributed by atoms with Gasteiger partial charge in [-0.05, 0) is 37.6 Å². The smallest absolute Gasteiger partial charge is 0.0254 e. The number of nitrogens with zero attached hydrogens (tertiary/aromatic N) is 1. The van der Waals surface area contributed by atoms with Crippen LogP contribution in [0.5, 0.6) is 0 Å². The van der Waals surface area contributed by atoms with Crippen molar-refractivity contribution in [1.29, 1.82) is 0 Å². The highest BCUT2D eigenvalue weighted by Crippen LogP contribution is 2.34. The minimum absolute atomic E-state index is 0.00151. The molecule has 1 saturated heterocycles. The molecular formula is C14H30N2. The maximum Gasteiger partial charge on any atom is 0.0254 e. The van der Waals surface area contributed by atoms with E-state index in [1.807, 2.05) is 0 Å². The molecule has 0 saturated carbocycles. The van der Waals surface area contributed by atoms with Gasteiger partial charge in [-0.3, -0.25) is 0 Å². The summed E-state index contributed by atoms with van der Waals surface area (Å²) in [5, 5.41) is 0. The van der Waals surface area contributed by atoms with Crippen molar-refractivity contribution in [3.8, 4) is 0 Å². The third-order valence-corrected chi connectivity index (χ3v) is 3.90. The van der Waals surface area contributed by atoms with Gasteiger partial charge in [0.15, 0.2) is 0 Å². The van der Waals surface area contributed by atoms with Crippen molar-refractivity contribution < 1.29 is 0 Å². The van der Waals surface area contributed by atoms with Gasteiger partial charge in [0, 0.05) is 18.6 Å². The first-order valence-corrected chi connectivity index (χ1v) is 6.76. The first kappa shape index (κ1) is 14.0. The van der Waals surface area contributed by atoms with E-state index in [0.717, 1.165) is 18.9 Å². The van der Waals surface area contributed by atoms with Crippen molar-refractivity contribution >= 4 is 0 Å². The lowest BCUT2D eigenvalue weighted by atomic mass is 9.80. The number of hydrogen-bond donors (Lipinski definition) is 1. The number of hydrogen-bond acceptors (Lipinski definition) is 2. The normalized spacial score (nSPS) is 27.0. The van der Waals surface area contributed by atoms with Gasteiger partial charge < -0.3 is 10.6 Å². The maximum atomic E-state index is 6.32. The van der Waals surface area contributed by atoms with Crippen molar-refractivity contribution in [2.24, 2.45) is 17.1 Å². The average Bonchev–Trinajstić information content (AvgIpc) is 2.50. The largest absolute Gasteiger partial charge is 0.324 e. The average molecular weight is 226 g/mol. The number of nitrogens with two attached hydrogens (primary N) is 1. The summed E-state index contributed by atoms with van der Waals surface area (Å²) in [7, 11) is 0. The van der Waals surface area contributed by atoms with Gasteiger partial charge in [-0.1, -0.05) is 34.1 Å². The molecule has 2 atom stereocenters. The van der Waals surface area contributed by atoms with Crippen LogP contribution in [0.1, 0.15) is 53.9 Å². The molecule has 0 aromatic carbocycles. The number of likely N-dealkylation sites (tertiary alicyclic amines) is 1. The van der Waals surface area contributed by atoms with Gasteiger partial charge in [0.25, 0.3) is 0 Å². The Morgan fingerprint density at radius 1 is 1.25 bits per heavy atom. The minimum atomic E-state index is 0.00151. The molecule has 1 fully saturated rings. The second kappa shape index (κ2) is 5.05. The molecule has 1 heterocycles. The number of rotatable bonds is 4. The van der Waals surface area contributed by atoms with Crippen LogP contribution in [0.15, 0.2) is 0 Å².